The highest BCUT2D eigenvalue weighted by molar-refractivity contribution is 7.80. The number of fused-ring (bicyclic) bond motifs is 3. The van der Waals surface area contributed by atoms with Gasteiger partial charge in [-0.1, -0.05) is 36.5 Å². The molecule has 1 saturated carbocycles. The molecule has 4 heteroatoms. The van der Waals surface area contributed by atoms with Crippen LogP contribution in [0.3, 0.4) is 0 Å². The number of hydrogen-bond acceptors (Lipinski definition) is 2. The molecular formula is C16H20N2OS. The maximum atomic E-state index is 12.4. The van der Waals surface area contributed by atoms with E-state index in [4.69, 9.17) is 18.0 Å². The van der Waals surface area contributed by atoms with Gasteiger partial charge >= 0.3 is 0 Å². The van der Waals surface area contributed by atoms with Gasteiger partial charge < -0.3 is 11.1 Å². The van der Waals surface area contributed by atoms with Crippen LogP contribution in [0.1, 0.15) is 36.8 Å². The molecule has 0 bridgehead atoms. The first-order chi connectivity index (χ1) is 9.58. The topological polar surface area (TPSA) is 55.1 Å². The van der Waals surface area contributed by atoms with E-state index in [9.17, 15) is 4.79 Å². The van der Waals surface area contributed by atoms with Gasteiger partial charge in [0.15, 0.2) is 0 Å². The van der Waals surface area contributed by atoms with Gasteiger partial charge in [-0.15, -0.1) is 0 Å². The van der Waals surface area contributed by atoms with E-state index >= 15 is 0 Å². The van der Waals surface area contributed by atoms with Crippen LogP contribution >= 0.6 is 12.2 Å². The van der Waals surface area contributed by atoms with Gasteiger partial charge in [0, 0.05) is 18.4 Å². The largest absolute Gasteiger partial charge is 0.393 e. The lowest BCUT2D eigenvalue weighted by molar-refractivity contribution is -0.123. The summed E-state index contributed by atoms with van der Waals surface area (Å²) in [6.07, 6.45) is 2.80. The van der Waals surface area contributed by atoms with Gasteiger partial charge in [-0.25, -0.2) is 0 Å². The number of rotatable bonds is 4. The minimum atomic E-state index is 0.0258. The standard InChI is InChI=1S/C16H20N2OS/c1-9(8-13(17)20)18-16(19)15-12-7-6-10-4-2-3-5-11(10)14(12)15/h2-5,9,12,14-15H,6-8H2,1H3,(H2,17,20)(H,18,19). The fraction of sp³-hybridized carbons (Fsp3) is 0.500. The van der Waals surface area contributed by atoms with Crippen molar-refractivity contribution in [3.05, 3.63) is 35.4 Å². The Kier molecular flexibility index (Phi) is 3.50. The first kappa shape index (κ1) is 13.6. The second-order valence-electron chi connectivity index (χ2n) is 6.03. The summed E-state index contributed by atoms with van der Waals surface area (Å²) in [5.41, 5.74) is 8.32. The Labute approximate surface area is 124 Å². The number of nitrogens with one attached hydrogen (secondary N) is 1. The van der Waals surface area contributed by atoms with Crippen molar-refractivity contribution in [2.75, 3.05) is 0 Å². The number of carbonyl (C=O) groups is 1. The minimum absolute atomic E-state index is 0.0258. The third-order valence-corrected chi connectivity index (χ3v) is 4.70. The van der Waals surface area contributed by atoms with Crippen molar-refractivity contribution < 1.29 is 4.79 Å². The van der Waals surface area contributed by atoms with E-state index in [1.165, 1.54) is 11.1 Å². The molecule has 2 aliphatic carbocycles. The van der Waals surface area contributed by atoms with E-state index in [2.05, 4.69) is 29.6 Å². The van der Waals surface area contributed by atoms with Gasteiger partial charge in [-0.3, -0.25) is 4.79 Å². The molecular weight excluding hydrogens is 268 g/mol. The lowest BCUT2D eigenvalue weighted by atomic mass is 9.92. The van der Waals surface area contributed by atoms with Crippen molar-refractivity contribution in [1.82, 2.24) is 5.32 Å². The van der Waals surface area contributed by atoms with Crippen LogP contribution in [0.5, 0.6) is 0 Å². The summed E-state index contributed by atoms with van der Waals surface area (Å²) < 4.78 is 0. The number of thiocarbonyl (C=S) groups is 1. The van der Waals surface area contributed by atoms with Crippen LogP contribution in [-0.2, 0) is 11.2 Å². The van der Waals surface area contributed by atoms with Crippen molar-refractivity contribution in [2.45, 2.75) is 38.1 Å². The van der Waals surface area contributed by atoms with E-state index in [1.54, 1.807) is 0 Å². The van der Waals surface area contributed by atoms with Crippen LogP contribution in [0.2, 0.25) is 0 Å². The normalized spacial score (nSPS) is 27.9. The molecule has 3 nitrogen and oxygen atoms in total. The van der Waals surface area contributed by atoms with Crippen LogP contribution in [0.25, 0.3) is 0 Å². The van der Waals surface area contributed by atoms with Gasteiger partial charge in [0.1, 0.15) is 0 Å². The molecule has 1 amide bonds. The Morgan fingerprint density at radius 2 is 2.25 bits per heavy atom. The lowest BCUT2D eigenvalue weighted by Gasteiger charge is -2.13. The van der Waals surface area contributed by atoms with Crippen LogP contribution in [-0.4, -0.2) is 16.9 Å². The van der Waals surface area contributed by atoms with Gasteiger partial charge in [0.05, 0.1) is 4.99 Å². The second kappa shape index (κ2) is 5.17. The van der Waals surface area contributed by atoms with Crippen LogP contribution in [0.15, 0.2) is 24.3 Å². The summed E-state index contributed by atoms with van der Waals surface area (Å²) in [7, 11) is 0. The Morgan fingerprint density at radius 3 is 3.00 bits per heavy atom. The van der Waals surface area contributed by atoms with E-state index < -0.39 is 0 Å². The zero-order chi connectivity index (χ0) is 14.3. The lowest BCUT2D eigenvalue weighted by Crippen LogP contribution is -2.36. The zero-order valence-electron chi connectivity index (χ0n) is 11.6. The average molecular weight is 288 g/mol. The highest BCUT2D eigenvalue weighted by Gasteiger charge is 2.56. The molecule has 0 saturated heterocycles. The number of aryl methyl sites for hydroxylation is 1. The second-order valence-corrected chi connectivity index (χ2v) is 6.56. The average Bonchev–Trinajstić information content (AvgIpc) is 3.12. The van der Waals surface area contributed by atoms with Crippen LogP contribution < -0.4 is 11.1 Å². The fourth-order valence-corrected chi connectivity index (χ4v) is 3.87. The number of amides is 1. The summed E-state index contributed by atoms with van der Waals surface area (Å²) in [5, 5.41) is 3.05. The predicted molar refractivity (Wildman–Crippen MR) is 83.5 cm³/mol. The molecule has 0 aliphatic heterocycles. The Balaban J connectivity index is 1.67. The fourth-order valence-electron chi connectivity index (χ4n) is 3.62. The van der Waals surface area contributed by atoms with Gasteiger partial charge in [0.25, 0.3) is 0 Å². The Bertz CT molecular complexity index is 557. The SMILES string of the molecule is CC(CC(N)=S)NC(=O)C1C2CCc3ccccc3C21. The number of hydrogen-bond donors (Lipinski definition) is 2. The molecule has 1 aromatic rings. The van der Waals surface area contributed by atoms with E-state index in [1.807, 2.05) is 6.92 Å². The summed E-state index contributed by atoms with van der Waals surface area (Å²) in [6.45, 7) is 1.96. The molecule has 0 spiro atoms. The molecule has 3 N–H and O–H groups in total. The quantitative estimate of drug-likeness (QED) is 0.835. The maximum Gasteiger partial charge on any atom is 0.224 e. The number of benzene rings is 1. The van der Waals surface area contributed by atoms with Crippen molar-refractivity contribution in [1.29, 1.82) is 0 Å². The molecule has 106 valence electrons. The number of nitrogens with two attached hydrogens (primary N) is 1. The molecule has 4 unspecified atom stereocenters. The van der Waals surface area contributed by atoms with E-state index in [-0.39, 0.29) is 17.9 Å². The predicted octanol–water partition coefficient (Wildman–Crippen LogP) is 2.14. The summed E-state index contributed by atoms with van der Waals surface area (Å²) in [6, 6.07) is 8.55. The van der Waals surface area contributed by atoms with Crippen LogP contribution in [0.4, 0.5) is 0 Å². The molecule has 0 aromatic heterocycles. The van der Waals surface area contributed by atoms with Crippen molar-refractivity contribution in [3.63, 3.8) is 0 Å². The molecule has 4 atom stereocenters. The van der Waals surface area contributed by atoms with Crippen molar-refractivity contribution in [3.8, 4) is 0 Å². The molecule has 1 fully saturated rings. The molecule has 3 rings (SSSR count). The first-order valence-electron chi connectivity index (χ1n) is 7.24. The molecule has 0 heterocycles. The molecule has 2 aliphatic rings. The monoisotopic (exact) mass is 288 g/mol. The smallest absolute Gasteiger partial charge is 0.224 e. The molecule has 1 aromatic carbocycles. The third-order valence-electron chi connectivity index (χ3n) is 4.53. The maximum absolute atomic E-state index is 12.4. The van der Waals surface area contributed by atoms with Crippen LogP contribution in [0, 0.1) is 11.8 Å². The zero-order valence-corrected chi connectivity index (χ0v) is 12.5. The summed E-state index contributed by atoms with van der Waals surface area (Å²) >= 11 is 4.89. The van der Waals surface area contributed by atoms with Crippen molar-refractivity contribution >= 4 is 23.1 Å². The number of carbonyl (C=O) groups excluding carboxylic acids is 1. The molecule has 20 heavy (non-hydrogen) atoms. The summed E-state index contributed by atoms with van der Waals surface area (Å²) in [4.78, 5) is 12.8. The highest BCUT2D eigenvalue weighted by atomic mass is 32.1. The van der Waals surface area contributed by atoms with E-state index in [0.29, 0.717) is 23.2 Å². The van der Waals surface area contributed by atoms with Gasteiger partial charge in [-0.05, 0) is 42.7 Å². The Hall–Kier alpha value is -1.42. The highest BCUT2D eigenvalue weighted by Crippen LogP contribution is 2.59. The van der Waals surface area contributed by atoms with Crippen molar-refractivity contribution in [2.24, 2.45) is 17.6 Å². The van der Waals surface area contributed by atoms with Gasteiger partial charge in [0.2, 0.25) is 5.91 Å². The molecule has 0 radical (unpaired) electrons. The minimum Gasteiger partial charge on any atom is -0.393 e. The van der Waals surface area contributed by atoms with E-state index in [0.717, 1.165) is 12.8 Å². The first-order valence-corrected chi connectivity index (χ1v) is 7.65. The summed E-state index contributed by atoms with van der Waals surface area (Å²) in [5.74, 6) is 1.27. The third kappa shape index (κ3) is 2.44. The van der Waals surface area contributed by atoms with Gasteiger partial charge in [-0.2, -0.15) is 0 Å². The Morgan fingerprint density at radius 1 is 1.50 bits per heavy atom.